The zero-order valence-electron chi connectivity index (χ0n) is 12.3. The molecule has 5 heteroatoms. The molecule has 112 valence electrons. The van der Waals surface area contributed by atoms with E-state index in [-0.39, 0.29) is 6.04 Å². The van der Waals surface area contributed by atoms with Gasteiger partial charge in [0.2, 0.25) is 0 Å². The van der Waals surface area contributed by atoms with Crippen molar-refractivity contribution in [3.63, 3.8) is 0 Å². The largest absolute Gasteiger partial charge is 0.314 e. The highest BCUT2D eigenvalue weighted by Crippen LogP contribution is 2.20. The molecule has 1 atom stereocenters. The SMILES string of the molecule is CC(NCc1ccccc1Cl)c1nnc2n1CCCCC2. The lowest BCUT2D eigenvalue weighted by molar-refractivity contribution is 0.502. The highest BCUT2D eigenvalue weighted by molar-refractivity contribution is 6.31. The Labute approximate surface area is 130 Å². The molecule has 1 aliphatic rings. The van der Waals surface area contributed by atoms with Gasteiger partial charge < -0.3 is 9.88 Å². The quantitative estimate of drug-likeness (QED) is 0.940. The van der Waals surface area contributed by atoms with E-state index in [9.17, 15) is 0 Å². The molecule has 0 bridgehead atoms. The first-order chi connectivity index (χ1) is 10.3. The van der Waals surface area contributed by atoms with Crippen LogP contribution in [-0.4, -0.2) is 14.8 Å². The Balaban J connectivity index is 1.70. The van der Waals surface area contributed by atoms with E-state index in [1.165, 1.54) is 19.3 Å². The van der Waals surface area contributed by atoms with Gasteiger partial charge >= 0.3 is 0 Å². The zero-order valence-corrected chi connectivity index (χ0v) is 13.1. The number of rotatable bonds is 4. The van der Waals surface area contributed by atoms with E-state index >= 15 is 0 Å². The Morgan fingerprint density at radius 3 is 2.95 bits per heavy atom. The molecule has 1 unspecified atom stereocenters. The number of benzene rings is 1. The van der Waals surface area contributed by atoms with Crippen molar-refractivity contribution in [3.05, 3.63) is 46.5 Å². The fraction of sp³-hybridized carbons (Fsp3) is 0.500. The second kappa shape index (κ2) is 6.58. The average molecular weight is 305 g/mol. The summed E-state index contributed by atoms with van der Waals surface area (Å²) in [6, 6.07) is 8.10. The summed E-state index contributed by atoms with van der Waals surface area (Å²) >= 11 is 6.20. The van der Waals surface area contributed by atoms with E-state index in [0.717, 1.165) is 41.7 Å². The summed E-state index contributed by atoms with van der Waals surface area (Å²) in [5, 5.41) is 13.1. The van der Waals surface area contributed by atoms with E-state index < -0.39 is 0 Å². The van der Waals surface area contributed by atoms with Gasteiger partial charge in [0, 0.05) is 24.5 Å². The Morgan fingerprint density at radius 2 is 2.10 bits per heavy atom. The summed E-state index contributed by atoms with van der Waals surface area (Å²) in [6.45, 7) is 3.91. The lowest BCUT2D eigenvalue weighted by Crippen LogP contribution is -2.22. The Kier molecular flexibility index (Phi) is 4.56. The predicted octanol–water partition coefficient (Wildman–Crippen LogP) is 3.51. The fourth-order valence-corrected chi connectivity index (χ4v) is 3.03. The Hall–Kier alpha value is -1.39. The number of aromatic nitrogens is 3. The number of fused-ring (bicyclic) bond motifs is 1. The minimum atomic E-state index is 0.167. The second-order valence-corrected chi connectivity index (χ2v) is 6.04. The predicted molar refractivity (Wildman–Crippen MR) is 84.3 cm³/mol. The maximum Gasteiger partial charge on any atom is 0.149 e. The summed E-state index contributed by atoms with van der Waals surface area (Å²) in [5.41, 5.74) is 1.11. The number of hydrogen-bond donors (Lipinski definition) is 1. The first-order valence-electron chi connectivity index (χ1n) is 7.64. The minimum absolute atomic E-state index is 0.167. The molecule has 1 aromatic carbocycles. The van der Waals surface area contributed by atoms with Crippen molar-refractivity contribution in [2.45, 2.75) is 51.7 Å². The van der Waals surface area contributed by atoms with Crippen molar-refractivity contribution in [3.8, 4) is 0 Å². The molecule has 0 radical (unpaired) electrons. The zero-order chi connectivity index (χ0) is 14.7. The van der Waals surface area contributed by atoms with Crippen molar-refractivity contribution in [2.75, 3.05) is 0 Å². The Morgan fingerprint density at radius 1 is 1.24 bits per heavy atom. The van der Waals surface area contributed by atoms with Crippen LogP contribution in [0.3, 0.4) is 0 Å². The van der Waals surface area contributed by atoms with Gasteiger partial charge in [0.05, 0.1) is 6.04 Å². The number of nitrogens with zero attached hydrogens (tertiary/aromatic N) is 3. The van der Waals surface area contributed by atoms with Gasteiger partial charge in [0.25, 0.3) is 0 Å². The van der Waals surface area contributed by atoms with Gasteiger partial charge in [-0.3, -0.25) is 0 Å². The molecule has 1 aromatic heterocycles. The molecular formula is C16H21ClN4. The molecule has 2 heterocycles. The minimum Gasteiger partial charge on any atom is -0.314 e. The number of aryl methyl sites for hydroxylation is 1. The van der Waals surface area contributed by atoms with Crippen molar-refractivity contribution >= 4 is 11.6 Å². The van der Waals surface area contributed by atoms with Gasteiger partial charge in [0.1, 0.15) is 11.6 Å². The molecule has 2 aromatic rings. The topological polar surface area (TPSA) is 42.7 Å². The first-order valence-corrected chi connectivity index (χ1v) is 8.02. The third kappa shape index (κ3) is 3.27. The van der Waals surface area contributed by atoms with Crippen LogP contribution in [-0.2, 0) is 19.5 Å². The van der Waals surface area contributed by atoms with Gasteiger partial charge in [-0.25, -0.2) is 0 Å². The van der Waals surface area contributed by atoms with Crippen molar-refractivity contribution in [1.82, 2.24) is 20.1 Å². The maximum absolute atomic E-state index is 6.20. The van der Waals surface area contributed by atoms with Gasteiger partial charge in [-0.05, 0) is 31.4 Å². The average Bonchev–Trinajstić information content (AvgIpc) is 2.75. The van der Waals surface area contributed by atoms with Crippen LogP contribution in [0.15, 0.2) is 24.3 Å². The van der Waals surface area contributed by atoms with Crippen molar-refractivity contribution in [2.24, 2.45) is 0 Å². The van der Waals surface area contributed by atoms with Gasteiger partial charge in [-0.1, -0.05) is 36.2 Å². The van der Waals surface area contributed by atoms with Crippen LogP contribution in [0.4, 0.5) is 0 Å². The molecule has 0 amide bonds. The molecule has 4 nitrogen and oxygen atoms in total. The summed E-state index contributed by atoms with van der Waals surface area (Å²) in [4.78, 5) is 0. The van der Waals surface area contributed by atoms with Crippen LogP contribution in [0.2, 0.25) is 5.02 Å². The van der Waals surface area contributed by atoms with Crippen molar-refractivity contribution in [1.29, 1.82) is 0 Å². The van der Waals surface area contributed by atoms with E-state index in [4.69, 9.17) is 11.6 Å². The van der Waals surface area contributed by atoms with E-state index in [1.807, 2.05) is 24.3 Å². The van der Waals surface area contributed by atoms with E-state index in [2.05, 4.69) is 27.0 Å². The lowest BCUT2D eigenvalue weighted by atomic mass is 10.2. The van der Waals surface area contributed by atoms with Crippen LogP contribution in [0.1, 0.15) is 49.4 Å². The standard InChI is InChI=1S/C16H21ClN4/c1-12(18-11-13-7-4-5-8-14(13)17)16-20-19-15-9-3-2-6-10-21(15)16/h4-5,7-8,12,18H,2-3,6,9-11H2,1H3. The third-order valence-corrected chi connectivity index (χ3v) is 4.45. The molecule has 21 heavy (non-hydrogen) atoms. The van der Waals surface area contributed by atoms with Crippen LogP contribution in [0.5, 0.6) is 0 Å². The summed E-state index contributed by atoms with van der Waals surface area (Å²) in [6.07, 6.45) is 4.77. The molecule has 0 fully saturated rings. The number of halogens is 1. The molecule has 0 spiro atoms. The summed E-state index contributed by atoms with van der Waals surface area (Å²) in [7, 11) is 0. The molecule has 0 aliphatic carbocycles. The van der Waals surface area contributed by atoms with E-state index in [1.54, 1.807) is 0 Å². The summed E-state index contributed by atoms with van der Waals surface area (Å²) < 4.78 is 2.29. The van der Waals surface area contributed by atoms with Crippen molar-refractivity contribution < 1.29 is 0 Å². The lowest BCUT2D eigenvalue weighted by Gasteiger charge is -2.15. The number of hydrogen-bond acceptors (Lipinski definition) is 3. The normalized spacial score (nSPS) is 16.3. The molecular weight excluding hydrogens is 284 g/mol. The van der Waals surface area contributed by atoms with E-state index in [0.29, 0.717) is 0 Å². The molecule has 1 N–H and O–H groups in total. The number of nitrogens with one attached hydrogen (secondary N) is 1. The molecule has 3 rings (SSSR count). The van der Waals surface area contributed by atoms with Gasteiger partial charge in [-0.15, -0.1) is 10.2 Å². The van der Waals surface area contributed by atoms with Crippen LogP contribution in [0, 0.1) is 0 Å². The molecule has 1 aliphatic heterocycles. The van der Waals surface area contributed by atoms with Gasteiger partial charge in [0.15, 0.2) is 0 Å². The van der Waals surface area contributed by atoms with Crippen LogP contribution in [0.25, 0.3) is 0 Å². The molecule has 0 saturated carbocycles. The Bertz CT molecular complexity index is 608. The van der Waals surface area contributed by atoms with Crippen LogP contribution >= 0.6 is 11.6 Å². The van der Waals surface area contributed by atoms with Crippen LogP contribution < -0.4 is 5.32 Å². The highest BCUT2D eigenvalue weighted by Gasteiger charge is 2.18. The summed E-state index contributed by atoms with van der Waals surface area (Å²) in [5.74, 6) is 2.17. The third-order valence-electron chi connectivity index (χ3n) is 4.08. The fourth-order valence-electron chi connectivity index (χ4n) is 2.82. The second-order valence-electron chi connectivity index (χ2n) is 5.63. The first kappa shape index (κ1) is 14.5. The monoisotopic (exact) mass is 304 g/mol. The van der Waals surface area contributed by atoms with Gasteiger partial charge in [-0.2, -0.15) is 0 Å². The highest BCUT2D eigenvalue weighted by atomic mass is 35.5. The maximum atomic E-state index is 6.20. The molecule has 0 saturated heterocycles. The smallest absolute Gasteiger partial charge is 0.149 e.